The first kappa shape index (κ1) is 15.7. The molecule has 5 nitrogen and oxygen atoms in total. The number of carbonyl (C=O) groups excluding carboxylic acids is 1. The van der Waals surface area contributed by atoms with Gasteiger partial charge >= 0.3 is 0 Å². The Kier molecular flexibility index (Phi) is 4.43. The van der Waals surface area contributed by atoms with E-state index in [0.717, 1.165) is 9.35 Å². The van der Waals surface area contributed by atoms with Gasteiger partial charge in [0.1, 0.15) is 0 Å². The molecule has 0 radical (unpaired) electrons. The Bertz CT molecular complexity index is 721. The first-order chi connectivity index (χ1) is 9.79. The van der Waals surface area contributed by atoms with Crippen LogP contribution in [-0.2, 0) is 0 Å². The molecule has 2 rings (SSSR count). The van der Waals surface area contributed by atoms with Crippen LogP contribution in [0.4, 0.5) is 11.4 Å². The lowest BCUT2D eigenvalue weighted by Gasteiger charge is -2.09. The van der Waals surface area contributed by atoms with Crippen LogP contribution < -0.4 is 5.32 Å². The molecule has 0 fully saturated rings. The molecule has 0 bridgehead atoms. The maximum atomic E-state index is 12.2. The quantitative estimate of drug-likeness (QED) is 0.635. The predicted octanol–water partition coefficient (Wildman–Crippen LogP) is 4.60. The molecule has 1 N–H and O–H groups in total. The summed E-state index contributed by atoms with van der Waals surface area (Å²) in [6.45, 7) is 5.30. The molecule has 0 unspecified atom stereocenters. The summed E-state index contributed by atoms with van der Waals surface area (Å²) in [6.07, 6.45) is 0. The Hall–Kier alpha value is -1.73. The number of hydrogen-bond donors (Lipinski definition) is 1. The number of thiophene rings is 1. The average Bonchev–Trinajstić information content (AvgIpc) is 2.73. The largest absolute Gasteiger partial charge is 0.321 e. The molecular formula is C14H13BrN2O3S. The fourth-order valence-electron chi connectivity index (χ4n) is 1.89. The van der Waals surface area contributed by atoms with Crippen molar-refractivity contribution in [3.8, 4) is 0 Å². The number of carbonyl (C=O) groups is 1. The fraction of sp³-hybridized carbons (Fsp3) is 0.214. The molecule has 2 aromatic rings. The van der Waals surface area contributed by atoms with Crippen LogP contribution in [0.1, 0.15) is 26.4 Å². The van der Waals surface area contributed by atoms with Gasteiger partial charge in [-0.15, -0.1) is 11.3 Å². The van der Waals surface area contributed by atoms with Gasteiger partial charge in [0, 0.05) is 17.3 Å². The van der Waals surface area contributed by atoms with Gasteiger partial charge in [-0.25, -0.2) is 0 Å². The number of halogens is 1. The molecule has 1 aromatic heterocycles. The summed E-state index contributed by atoms with van der Waals surface area (Å²) in [5.41, 5.74) is 2.82. The molecule has 0 saturated heterocycles. The van der Waals surface area contributed by atoms with Crippen molar-refractivity contribution in [1.29, 1.82) is 0 Å². The Morgan fingerprint density at radius 3 is 2.38 bits per heavy atom. The Balaban J connectivity index is 2.29. The number of amides is 1. The lowest BCUT2D eigenvalue weighted by atomic mass is 10.1. The summed E-state index contributed by atoms with van der Waals surface area (Å²) in [6, 6.07) is 4.90. The van der Waals surface area contributed by atoms with Crippen molar-refractivity contribution < 1.29 is 9.72 Å². The third kappa shape index (κ3) is 3.30. The van der Waals surface area contributed by atoms with Gasteiger partial charge in [0.25, 0.3) is 11.6 Å². The zero-order chi connectivity index (χ0) is 15.7. The van der Waals surface area contributed by atoms with Crippen molar-refractivity contribution in [3.05, 3.63) is 53.7 Å². The highest BCUT2D eigenvalue weighted by atomic mass is 79.9. The number of hydrogen-bond acceptors (Lipinski definition) is 4. The van der Waals surface area contributed by atoms with Crippen LogP contribution in [0, 0.1) is 30.9 Å². The topological polar surface area (TPSA) is 72.2 Å². The molecule has 0 aliphatic heterocycles. The van der Waals surface area contributed by atoms with Crippen molar-refractivity contribution in [1.82, 2.24) is 0 Å². The van der Waals surface area contributed by atoms with E-state index in [9.17, 15) is 14.9 Å². The van der Waals surface area contributed by atoms with Gasteiger partial charge in [0.05, 0.1) is 13.6 Å². The minimum Gasteiger partial charge on any atom is -0.321 e. The third-order valence-electron chi connectivity index (χ3n) is 3.07. The molecule has 21 heavy (non-hydrogen) atoms. The Labute approximate surface area is 134 Å². The monoisotopic (exact) mass is 368 g/mol. The molecule has 0 aliphatic carbocycles. The number of nitrogens with one attached hydrogen (secondary N) is 1. The summed E-state index contributed by atoms with van der Waals surface area (Å²) < 4.78 is 0.921. The van der Waals surface area contributed by atoms with Crippen LogP contribution in [0.5, 0.6) is 0 Å². The third-order valence-corrected chi connectivity index (χ3v) is 5.20. The van der Waals surface area contributed by atoms with Gasteiger partial charge < -0.3 is 5.32 Å². The second-order valence-corrected chi connectivity index (χ2v) is 7.10. The van der Waals surface area contributed by atoms with Crippen molar-refractivity contribution in [2.75, 3.05) is 5.32 Å². The van der Waals surface area contributed by atoms with Gasteiger partial charge in [-0.3, -0.25) is 14.9 Å². The lowest BCUT2D eigenvalue weighted by molar-refractivity contribution is -0.385. The molecule has 1 aromatic carbocycles. The van der Waals surface area contributed by atoms with Crippen molar-refractivity contribution >= 4 is 44.5 Å². The van der Waals surface area contributed by atoms with Crippen molar-refractivity contribution in [3.63, 3.8) is 0 Å². The summed E-state index contributed by atoms with van der Waals surface area (Å²) in [5, 5.41) is 13.7. The SMILES string of the molecule is Cc1cc([N+](=O)[O-])c(C)cc1NC(=O)c1cc(C)c(Br)s1. The summed E-state index contributed by atoms with van der Waals surface area (Å²) in [4.78, 5) is 23.3. The summed E-state index contributed by atoms with van der Waals surface area (Å²) >= 11 is 4.74. The molecule has 0 aliphatic rings. The second kappa shape index (κ2) is 5.95. The number of benzene rings is 1. The minimum atomic E-state index is -0.423. The maximum Gasteiger partial charge on any atom is 0.272 e. The molecule has 1 amide bonds. The highest BCUT2D eigenvalue weighted by Gasteiger charge is 2.16. The number of nitro groups is 1. The number of anilines is 1. The fourth-order valence-corrected chi connectivity index (χ4v) is 3.32. The van der Waals surface area contributed by atoms with Crippen LogP contribution in [0.2, 0.25) is 0 Å². The molecule has 0 spiro atoms. The van der Waals surface area contributed by atoms with Gasteiger partial charge in [0.15, 0.2) is 0 Å². The van der Waals surface area contributed by atoms with E-state index < -0.39 is 4.92 Å². The zero-order valence-corrected chi connectivity index (χ0v) is 14.1. The number of nitro benzene ring substituents is 1. The first-order valence-electron chi connectivity index (χ1n) is 6.12. The van der Waals surface area contributed by atoms with E-state index in [-0.39, 0.29) is 11.6 Å². The van der Waals surface area contributed by atoms with Crippen LogP contribution in [0.3, 0.4) is 0 Å². The summed E-state index contributed by atoms with van der Waals surface area (Å²) in [5.74, 6) is -0.217. The smallest absolute Gasteiger partial charge is 0.272 e. The number of aryl methyl sites for hydroxylation is 3. The standard InChI is InChI=1S/C14H13BrN2O3S/c1-7-5-11(17(19)20)8(2)4-10(7)16-14(18)12-6-9(3)13(15)21-12/h4-6H,1-3H3,(H,16,18). The normalized spacial score (nSPS) is 10.5. The number of rotatable bonds is 3. The van der Waals surface area contributed by atoms with E-state index >= 15 is 0 Å². The molecule has 110 valence electrons. The minimum absolute atomic E-state index is 0.0558. The van der Waals surface area contributed by atoms with Crippen LogP contribution >= 0.6 is 27.3 Å². The van der Waals surface area contributed by atoms with Crippen LogP contribution in [-0.4, -0.2) is 10.8 Å². The first-order valence-corrected chi connectivity index (χ1v) is 7.73. The second-order valence-electron chi connectivity index (χ2n) is 4.73. The van der Waals surface area contributed by atoms with E-state index in [0.29, 0.717) is 21.7 Å². The van der Waals surface area contributed by atoms with Gasteiger partial charge in [0.2, 0.25) is 0 Å². The highest BCUT2D eigenvalue weighted by Crippen LogP contribution is 2.30. The Morgan fingerprint density at radius 1 is 1.19 bits per heavy atom. The zero-order valence-electron chi connectivity index (χ0n) is 11.7. The van der Waals surface area contributed by atoms with Crippen LogP contribution in [0.15, 0.2) is 22.0 Å². The van der Waals surface area contributed by atoms with Gasteiger partial charge in [-0.05, 0) is 60.0 Å². The molecular weight excluding hydrogens is 356 g/mol. The average molecular weight is 369 g/mol. The van der Waals surface area contributed by atoms with E-state index in [1.165, 1.54) is 17.4 Å². The predicted molar refractivity (Wildman–Crippen MR) is 87.3 cm³/mol. The van der Waals surface area contributed by atoms with Crippen molar-refractivity contribution in [2.45, 2.75) is 20.8 Å². The highest BCUT2D eigenvalue weighted by molar-refractivity contribution is 9.11. The van der Waals surface area contributed by atoms with E-state index in [4.69, 9.17) is 0 Å². The van der Waals surface area contributed by atoms with Gasteiger partial charge in [-0.1, -0.05) is 0 Å². The maximum absolute atomic E-state index is 12.2. The number of nitrogens with zero attached hydrogens (tertiary/aromatic N) is 1. The lowest BCUT2D eigenvalue weighted by Crippen LogP contribution is -2.11. The Morgan fingerprint density at radius 2 is 1.86 bits per heavy atom. The van der Waals surface area contributed by atoms with Gasteiger partial charge in [-0.2, -0.15) is 0 Å². The van der Waals surface area contributed by atoms with E-state index in [1.807, 2.05) is 6.92 Å². The molecule has 0 atom stereocenters. The van der Waals surface area contributed by atoms with Crippen molar-refractivity contribution in [2.24, 2.45) is 0 Å². The van der Waals surface area contributed by atoms with E-state index in [1.54, 1.807) is 26.0 Å². The molecule has 7 heteroatoms. The van der Waals surface area contributed by atoms with Crippen LogP contribution in [0.25, 0.3) is 0 Å². The molecule has 1 heterocycles. The summed E-state index contributed by atoms with van der Waals surface area (Å²) in [7, 11) is 0. The van der Waals surface area contributed by atoms with E-state index in [2.05, 4.69) is 21.2 Å². The molecule has 0 saturated carbocycles.